The van der Waals surface area contributed by atoms with Gasteiger partial charge in [-0.15, -0.1) is 0 Å². The van der Waals surface area contributed by atoms with Crippen LogP contribution in [0.4, 0.5) is 11.5 Å². The Hall–Kier alpha value is -2.93. The number of hydrogen-bond donors (Lipinski definition) is 1. The Morgan fingerprint density at radius 1 is 1.15 bits per heavy atom. The molecule has 1 N–H and O–H groups in total. The van der Waals surface area contributed by atoms with E-state index in [2.05, 4.69) is 42.1 Å². The lowest BCUT2D eigenvalue weighted by atomic mass is 9.93. The standard InChI is InChI=1S/C19H18ClN7/c20-19-24-17(16-18(25-19)27(12-21-16)15-7-4-8-15)23-14-9-22-26(11-14)10-13-5-2-1-3-6-13/h1-3,5-6,9,11-12,15H,4,7-8,10H2,(H,23,24,25). The van der Waals surface area contributed by atoms with E-state index in [1.165, 1.54) is 12.0 Å². The van der Waals surface area contributed by atoms with Crippen LogP contribution >= 0.6 is 11.6 Å². The molecule has 0 aliphatic heterocycles. The highest BCUT2D eigenvalue weighted by Crippen LogP contribution is 2.35. The van der Waals surface area contributed by atoms with Gasteiger partial charge in [0.05, 0.1) is 24.8 Å². The predicted octanol–water partition coefficient (Wildman–Crippen LogP) is 4.19. The number of aromatic nitrogens is 6. The SMILES string of the molecule is Clc1nc(Nc2cnn(Cc3ccccc3)c2)c2ncn(C3CCC3)c2n1. The Balaban J connectivity index is 1.42. The molecule has 1 fully saturated rings. The number of fused-ring (bicyclic) bond motifs is 1. The number of anilines is 2. The van der Waals surface area contributed by atoms with Crippen molar-refractivity contribution in [2.45, 2.75) is 31.8 Å². The Morgan fingerprint density at radius 3 is 2.78 bits per heavy atom. The quantitative estimate of drug-likeness (QED) is 0.526. The molecule has 0 unspecified atom stereocenters. The molecule has 3 aromatic heterocycles. The molecule has 0 amide bonds. The van der Waals surface area contributed by atoms with E-state index in [0.717, 1.165) is 29.7 Å². The average Bonchev–Trinajstić information content (AvgIpc) is 3.22. The van der Waals surface area contributed by atoms with Gasteiger partial charge in [0.2, 0.25) is 5.28 Å². The first-order valence-electron chi connectivity index (χ1n) is 9.00. The number of benzene rings is 1. The summed E-state index contributed by atoms with van der Waals surface area (Å²) in [6.45, 7) is 0.707. The van der Waals surface area contributed by atoms with Crippen LogP contribution in [0.15, 0.2) is 49.1 Å². The van der Waals surface area contributed by atoms with Crippen LogP contribution in [0.5, 0.6) is 0 Å². The lowest BCUT2D eigenvalue weighted by Crippen LogP contribution is -2.16. The highest BCUT2D eigenvalue weighted by atomic mass is 35.5. The third kappa shape index (κ3) is 3.14. The summed E-state index contributed by atoms with van der Waals surface area (Å²) in [5.74, 6) is 0.599. The largest absolute Gasteiger partial charge is 0.336 e. The van der Waals surface area contributed by atoms with Gasteiger partial charge in [0.25, 0.3) is 0 Å². The van der Waals surface area contributed by atoms with Crippen LogP contribution in [0.1, 0.15) is 30.9 Å². The zero-order valence-electron chi connectivity index (χ0n) is 14.6. The van der Waals surface area contributed by atoms with Crippen molar-refractivity contribution >= 4 is 34.3 Å². The number of imidazole rings is 1. The van der Waals surface area contributed by atoms with E-state index in [0.29, 0.717) is 18.4 Å². The van der Waals surface area contributed by atoms with Crippen LogP contribution in [0.25, 0.3) is 11.2 Å². The summed E-state index contributed by atoms with van der Waals surface area (Å²) in [5, 5.41) is 7.92. The van der Waals surface area contributed by atoms with Crippen molar-refractivity contribution in [2.24, 2.45) is 0 Å². The number of hydrogen-bond acceptors (Lipinski definition) is 5. The van der Waals surface area contributed by atoms with Gasteiger partial charge < -0.3 is 9.88 Å². The van der Waals surface area contributed by atoms with E-state index in [1.807, 2.05) is 35.4 Å². The number of nitrogens with one attached hydrogen (secondary N) is 1. The fourth-order valence-corrected chi connectivity index (χ4v) is 3.50. The third-order valence-corrected chi connectivity index (χ3v) is 5.11. The van der Waals surface area contributed by atoms with Crippen molar-refractivity contribution in [1.29, 1.82) is 0 Å². The molecule has 8 heteroatoms. The third-order valence-electron chi connectivity index (χ3n) is 4.95. The summed E-state index contributed by atoms with van der Waals surface area (Å²) >= 11 is 6.17. The van der Waals surface area contributed by atoms with Gasteiger partial charge >= 0.3 is 0 Å². The zero-order valence-corrected chi connectivity index (χ0v) is 15.3. The van der Waals surface area contributed by atoms with Gasteiger partial charge in [0.1, 0.15) is 0 Å². The van der Waals surface area contributed by atoms with Crippen LogP contribution < -0.4 is 5.32 Å². The van der Waals surface area contributed by atoms with E-state index in [4.69, 9.17) is 11.6 Å². The molecule has 3 heterocycles. The van der Waals surface area contributed by atoms with E-state index >= 15 is 0 Å². The van der Waals surface area contributed by atoms with Crippen molar-refractivity contribution in [3.8, 4) is 0 Å². The Labute approximate surface area is 161 Å². The molecular formula is C19H18ClN7. The Bertz CT molecular complexity index is 1080. The molecular weight excluding hydrogens is 362 g/mol. The first-order valence-corrected chi connectivity index (χ1v) is 9.37. The van der Waals surface area contributed by atoms with Crippen LogP contribution in [0.2, 0.25) is 5.28 Å². The van der Waals surface area contributed by atoms with Gasteiger partial charge in [-0.25, -0.2) is 4.98 Å². The normalized spacial score (nSPS) is 14.4. The van der Waals surface area contributed by atoms with Gasteiger partial charge in [-0.1, -0.05) is 30.3 Å². The molecule has 136 valence electrons. The van der Waals surface area contributed by atoms with Crippen LogP contribution in [-0.2, 0) is 6.54 Å². The minimum Gasteiger partial charge on any atom is -0.336 e. The smallest absolute Gasteiger partial charge is 0.226 e. The van der Waals surface area contributed by atoms with Crippen molar-refractivity contribution in [3.05, 3.63) is 59.9 Å². The number of halogens is 1. The maximum absolute atomic E-state index is 6.17. The van der Waals surface area contributed by atoms with Crippen LogP contribution in [0.3, 0.4) is 0 Å². The highest BCUT2D eigenvalue weighted by Gasteiger charge is 2.23. The summed E-state index contributed by atoms with van der Waals surface area (Å²) in [7, 11) is 0. The van der Waals surface area contributed by atoms with E-state index < -0.39 is 0 Å². The molecule has 27 heavy (non-hydrogen) atoms. The van der Waals surface area contributed by atoms with Gasteiger partial charge in [0, 0.05) is 12.2 Å². The predicted molar refractivity (Wildman–Crippen MR) is 104 cm³/mol. The highest BCUT2D eigenvalue weighted by molar-refractivity contribution is 6.28. The van der Waals surface area contributed by atoms with Gasteiger partial charge in [-0.05, 0) is 36.4 Å². The Morgan fingerprint density at radius 2 is 2.00 bits per heavy atom. The maximum atomic E-state index is 6.17. The Kier molecular flexibility index (Phi) is 4.01. The van der Waals surface area contributed by atoms with Crippen molar-refractivity contribution in [1.82, 2.24) is 29.3 Å². The second-order valence-electron chi connectivity index (χ2n) is 6.79. The number of rotatable bonds is 5. The minimum atomic E-state index is 0.211. The molecule has 0 spiro atoms. The lowest BCUT2D eigenvalue weighted by molar-refractivity contribution is 0.319. The van der Waals surface area contributed by atoms with Crippen molar-refractivity contribution < 1.29 is 0 Å². The molecule has 5 rings (SSSR count). The second-order valence-corrected chi connectivity index (χ2v) is 7.13. The summed E-state index contributed by atoms with van der Waals surface area (Å²) in [4.78, 5) is 13.3. The van der Waals surface area contributed by atoms with E-state index in [-0.39, 0.29) is 5.28 Å². The fourth-order valence-electron chi connectivity index (χ4n) is 3.33. The molecule has 0 bridgehead atoms. The van der Waals surface area contributed by atoms with Crippen molar-refractivity contribution in [2.75, 3.05) is 5.32 Å². The lowest BCUT2D eigenvalue weighted by Gasteiger charge is -2.26. The molecule has 1 saturated carbocycles. The monoisotopic (exact) mass is 379 g/mol. The molecule has 0 saturated heterocycles. The van der Waals surface area contributed by atoms with E-state index in [9.17, 15) is 0 Å². The summed E-state index contributed by atoms with van der Waals surface area (Å²) in [5.41, 5.74) is 3.53. The average molecular weight is 380 g/mol. The number of nitrogens with zero attached hydrogens (tertiary/aromatic N) is 6. The fraction of sp³-hybridized carbons (Fsp3) is 0.263. The van der Waals surface area contributed by atoms with Gasteiger partial charge in [-0.2, -0.15) is 15.1 Å². The second kappa shape index (κ2) is 6.66. The van der Waals surface area contributed by atoms with Gasteiger partial charge in [-0.3, -0.25) is 4.68 Å². The van der Waals surface area contributed by atoms with Crippen LogP contribution in [0, 0.1) is 0 Å². The van der Waals surface area contributed by atoms with Crippen LogP contribution in [-0.4, -0.2) is 29.3 Å². The summed E-state index contributed by atoms with van der Waals surface area (Å²) < 4.78 is 3.99. The molecule has 7 nitrogen and oxygen atoms in total. The first kappa shape index (κ1) is 16.3. The van der Waals surface area contributed by atoms with Gasteiger partial charge in [0.15, 0.2) is 17.0 Å². The molecule has 1 aromatic carbocycles. The molecule has 1 aliphatic carbocycles. The zero-order chi connectivity index (χ0) is 18.2. The molecule has 0 atom stereocenters. The molecule has 1 aliphatic rings. The molecule has 4 aromatic rings. The summed E-state index contributed by atoms with van der Waals surface area (Å²) in [6.07, 6.45) is 9.11. The maximum Gasteiger partial charge on any atom is 0.226 e. The van der Waals surface area contributed by atoms with E-state index in [1.54, 1.807) is 6.20 Å². The summed E-state index contributed by atoms with van der Waals surface area (Å²) in [6, 6.07) is 10.7. The minimum absolute atomic E-state index is 0.211. The first-order chi connectivity index (χ1) is 13.3. The topological polar surface area (TPSA) is 73.5 Å². The van der Waals surface area contributed by atoms with Crippen molar-refractivity contribution in [3.63, 3.8) is 0 Å². The molecule has 0 radical (unpaired) electrons.